The van der Waals surface area contributed by atoms with Crippen LogP contribution in [-0.2, 0) is 5.41 Å². The Morgan fingerprint density at radius 2 is 1.06 bits per heavy atom. The monoisotopic (exact) mass is 677 g/mol. The average molecular weight is 678 g/mol. The second-order valence-electron chi connectivity index (χ2n) is 14.9. The summed E-state index contributed by atoms with van der Waals surface area (Å²) in [4.78, 5) is 2.43. The summed E-state index contributed by atoms with van der Waals surface area (Å²) < 4.78 is 6.27. The minimum absolute atomic E-state index is 0.102. The number of benzene rings is 9. The summed E-state index contributed by atoms with van der Waals surface area (Å²) in [5.41, 5.74) is 12.8. The molecule has 1 aliphatic rings. The summed E-state index contributed by atoms with van der Waals surface area (Å²) in [7, 11) is 0. The number of hydrogen-bond acceptors (Lipinski definition) is 2. The van der Waals surface area contributed by atoms with E-state index >= 15 is 0 Å². The molecule has 0 atom stereocenters. The fourth-order valence-corrected chi connectivity index (χ4v) is 9.00. The maximum absolute atomic E-state index is 6.27. The van der Waals surface area contributed by atoms with Crippen LogP contribution in [0.25, 0.3) is 76.5 Å². The summed E-state index contributed by atoms with van der Waals surface area (Å²) in [5, 5.41) is 9.91. The number of para-hydroxylation sites is 1. The van der Waals surface area contributed by atoms with E-state index in [1.54, 1.807) is 0 Å². The van der Waals surface area contributed by atoms with Crippen molar-refractivity contribution in [3.05, 3.63) is 187 Å². The summed E-state index contributed by atoms with van der Waals surface area (Å²) >= 11 is 0. The van der Waals surface area contributed by atoms with Gasteiger partial charge in [0.25, 0.3) is 0 Å². The van der Waals surface area contributed by atoms with Gasteiger partial charge in [-0.05, 0) is 109 Å². The van der Waals surface area contributed by atoms with E-state index in [1.165, 1.54) is 71.4 Å². The van der Waals surface area contributed by atoms with Crippen molar-refractivity contribution < 1.29 is 4.42 Å². The highest BCUT2D eigenvalue weighted by Crippen LogP contribution is 2.54. The molecule has 1 heterocycles. The van der Waals surface area contributed by atoms with Gasteiger partial charge in [-0.25, -0.2) is 0 Å². The lowest BCUT2D eigenvalue weighted by atomic mass is 9.82. The normalized spacial score (nSPS) is 13.2. The lowest BCUT2D eigenvalue weighted by Crippen LogP contribution is -2.16. The third-order valence-corrected chi connectivity index (χ3v) is 11.6. The lowest BCUT2D eigenvalue weighted by Gasteiger charge is -2.29. The van der Waals surface area contributed by atoms with Gasteiger partial charge in [-0.3, -0.25) is 0 Å². The maximum atomic E-state index is 6.27. The molecule has 53 heavy (non-hydrogen) atoms. The summed E-state index contributed by atoms with van der Waals surface area (Å²) in [6.07, 6.45) is 0. The Morgan fingerprint density at radius 1 is 0.415 bits per heavy atom. The van der Waals surface area contributed by atoms with Crippen LogP contribution >= 0.6 is 0 Å². The molecule has 2 heteroatoms. The van der Waals surface area contributed by atoms with Crippen molar-refractivity contribution >= 4 is 71.3 Å². The number of furan rings is 1. The van der Waals surface area contributed by atoms with E-state index in [-0.39, 0.29) is 5.41 Å². The van der Waals surface area contributed by atoms with E-state index in [0.717, 1.165) is 33.3 Å². The zero-order valence-corrected chi connectivity index (χ0v) is 29.6. The van der Waals surface area contributed by atoms with Gasteiger partial charge in [0.2, 0.25) is 0 Å². The topological polar surface area (TPSA) is 16.4 Å². The summed E-state index contributed by atoms with van der Waals surface area (Å²) in [6, 6.07) is 64.3. The van der Waals surface area contributed by atoms with Crippen LogP contribution in [0.5, 0.6) is 0 Å². The van der Waals surface area contributed by atoms with Crippen LogP contribution in [0.1, 0.15) is 25.0 Å². The predicted octanol–water partition coefficient (Wildman–Crippen LogP) is 14.5. The Balaban J connectivity index is 1.09. The Kier molecular flexibility index (Phi) is 6.33. The van der Waals surface area contributed by atoms with Crippen LogP contribution in [0.2, 0.25) is 0 Å². The summed E-state index contributed by atoms with van der Waals surface area (Å²) in [5.74, 6) is 0. The third-order valence-electron chi connectivity index (χ3n) is 11.6. The lowest BCUT2D eigenvalue weighted by molar-refractivity contribution is 0.660. The molecule has 0 aliphatic heterocycles. The standard InChI is InChI=1S/C51H35NO/c1-51(2)45-14-7-5-13-42(45)50-46(51)15-9-16-47(50)52(37-26-29-49-44(31-37)41-12-6-8-17-48(41)53-49)36-24-20-32(21-25-36)35-19-18-34-23-27-39-38-11-4-3-10-33(38)22-28-40(39)43(34)30-35/h3-31H,1-2H3. The molecular weight excluding hydrogens is 643 g/mol. The van der Waals surface area contributed by atoms with Crippen LogP contribution in [0.3, 0.4) is 0 Å². The van der Waals surface area contributed by atoms with Crippen LogP contribution in [0.15, 0.2) is 180 Å². The highest BCUT2D eigenvalue weighted by molar-refractivity contribution is 6.17. The molecule has 0 radical (unpaired) electrons. The second kappa shape index (κ2) is 11.2. The molecule has 9 aromatic carbocycles. The Labute approximate surface area is 308 Å². The van der Waals surface area contributed by atoms with Crippen LogP contribution in [0, 0.1) is 0 Å². The van der Waals surface area contributed by atoms with Crippen molar-refractivity contribution in [3.8, 4) is 22.3 Å². The first-order valence-electron chi connectivity index (χ1n) is 18.4. The minimum Gasteiger partial charge on any atom is -0.456 e. The Morgan fingerprint density at radius 3 is 1.92 bits per heavy atom. The average Bonchev–Trinajstić information content (AvgIpc) is 3.70. The molecule has 0 saturated carbocycles. The van der Waals surface area contributed by atoms with Crippen molar-refractivity contribution in [1.82, 2.24) is 0 Å². The molecule has 250 valence electrons. The van der Waals surface area contributed by atoms with Crippen molar-refractivity contribution in [2.75, 3.05) is 4.90 Å². The molecule has 0 unspecified atom stereocenters. The van der Waals surface area contributed by atoms with Gasteiger partial charge in [0.05, 0.1) is 5.69 Å². The SMILES string of the molecule is CC1(C)c2ccccc2-c2c(N(c3ccc(-c4ccc5ccc6c7ccccc7ccc6c5c4)cc3)c3ccc4oc5ccccc5c4c3)cccc21. The van der Waals surface area contributed by atoms with Gasteiger partial charge in [-0.15, -0.1) is 0 Å². The molecule has 11 rings (SSSR count). The van der Waals surface area contributed by atoms with Gasteiger partial charge in [-0.2, -0.15) is 0 Å². The van der Waals surface area contributed by atoms with E-state index < -0.39 is 0 Å². The molecule has 10 aromatic rings. The molecule has 0 bridgehead atoms. The molecule has 0 saturated heterocycles. The molecule has 0 amide bonds. The van der Waals surface area contributed by atoms with E-state index in [2.05, 4.69) is 183 Å². The zero-order chi connectivity index (χ0) is 35.3. The smallest absolute Gasteiger partial charge is 0.135 e. The fraction of sp³-hybridized carbons (Fsp3) is 0.0588. The number of fused-ring (bicyclic) bond motifs is 11. The molecule has 0 fully saturated rings. The molecule has 1 aromatic heterocycles. The van der Waals surface area contributed by atoms with Gasteiger partial charge < -0.3 is 9.32 Å². The van der Waals surface area contributed by atoms with Gasteiger partial charge in [0.15, 0.2) is 0 Å². The van der Waals surface area contributed by atoms with Crippen LogP contribution in [0.4, 0.5) is 17.1 Å². The molecule has 1 aliphatic carbocycles. The predicted molar refractivity (Wildman–Crippen MR) is 224 cm³/mol. The van der Waals surface area contributed by atoms with E-state index in [9.17, 15) is 0 Å². The Hall–Kier alpha value is -6.64. The number of nitrogens with zero attached hydrogens (tertiary/aromatic N) is 1. The van der Waals surface area contributed by atoms with Gasteiger partial charge >= 0.3 is 0 Å². The van der Waals surface area contributed by atoms with Gasteiger partial charge in [0.1, 0.15) is 11.2 Å². The first kappa shape index (κ1) is 30.0. The number of rotatable bonds is 4. The zero-order valence-electron chi connectivity index (χ0n) is 29.6. The van der Waals surface area contributed by atoms with Crippen molar-refractivity contribution in [2.45, 2.75) is 19.3 Å². The molecule has 2 nitrogen and oxygen atoms in total. The first-order valence-corrected chi connectivity index (χ1v) is 18.4. The maximum Gasteiger partial charge on any atom is 0.135 e. The van der Waals surface area contributed by atoms with E-state index in [0.29, 0.717) is 0 Å². The first-order chi connectivity index (χ1) is 26.0. The van der Waals surface area contributed by atoms with Gasteiger partial charge in [-0.1, -0.05) is 141 Å². The van der Waals surface area contributed by atoms with Crippen molar-refractivity contribution in [3.63, 3.8) is 0 Å². The summed E-state index contributed by atoms with van der Waals surface area (Å²) in [6.45, 7) is 4.69. The van der Waals surface area contributed by atoms with Crippen molar-refractivity contribution in [1.29, 1.82) is 0 Å². The molecular formula is C51H35NO. The highest BCUT2D eigenvalue weighted by atomic mass is 16.3. The van der Waals surface area contributed by atoms with E-state index in [4.69, 9.17) is 4.42 Å². The Bertz CT molecular complexity index is 3090. The van der Waals surface area contributed by atoms with E-state index in [1.807, 2.05) is 12.1 Å². The second-order valence-corrected chi connectivity index (χ2v) is 14.9. The number of anilines is 3. The van der Waals surface area contributed by atoms with Crippen LogP contribution < -0.4 is 4.90 Å². The van der Waals surface area contributed by atoms with Crippen LogP contribution in [-0.4, -0.2) is 0 Å². The van der Waals surface area contributed by atoms with Crippen molar-refractivity contribution in [2.24, 2.45) is 0 Å². The molecule has 0 spiro atoms. The largest absolute Gasteiger partial charge is 0.456 e. The highest BCUT2D eigenvalue weighted by Gasteiger charge is 2.37. The minimum atomic E-state index is -0.102. The van der Waals surface area contributed by atoms with Gasteiger partial charge in [0, 0.05) is 33.1 Å². The quantitative estimate of drug-likeness (QED) is 0.172. The third kappa shape index (κ3) is 4.45. The number of hydrogen-bond donors (Lipinski definition) is 0. The molecule has 0 N–H and O–H groups in total. The fourth-order valence-electron chi connectivity index (χ4n) is 9.00.